The fourth-order valence-electron chi connectivity index (χ4n) is 3.57. The summed E-state index contributed by atoms with van der Waals surface area (Å²) in [5, 5.41) is 9.81. The Morgan fingerprint density at radius 3 is 2.81 bits per heavy atom. The molecule has 3 rings (SSSR count). The Hall–Kier alpha value is -1.61. The second-order valence-electron chi connectivity index (χ2n) is 6.53. The highest BCUT2D eigenvalue weighted by atomic mass is 16.5. The monoisotopic (exact) mass is 286 g/mol. The molecule has 0 unspecified atom stereocenters. The van der Waals surface area contributed by atoms with Crippen LogP contribution in [0.3, 0.4) is 0 Å². The van der Waals surface area contributed by atoms with Crippen molar-refractivity contribution in [1.82, 2.24) is 0 Å². The van der Waals surface area contributed by atoms with Gasteiger partial charge in [-0.05, 0) is 49.1 Å². The van der Waals surface area contributed by atoms with Gasteiger partial charge >= 0.3 is 5.97 Å². The fraction of sp³-hybridized carbons (Fsp3) is 0.500. The van der Waals surface area contributed by atoms with E-state index in [1.54, 1.807) is 12.1 Å². The van der Waals surface area contributed by atoms with Crippen molar-refractivity contribution in [2.75, 3.05) is 0 Å². The normalized spacial score (nSPS) is 35.0. The highest BCUT2D eigenvalue weighted by molar-refractivity contribution is 5.89. The molecular weight excluding hydrogens is 264 g/mol. The number of aliphatic hydroxyl groups excluding tert-OH is 1. The summed E-state index contributed by atoms with van der Waals surface area (Å²) in [6, 6.07) is 9.14. The molecule has 0 saturated heterocycles. The molecule has 1 N–H and O–H groups in total. The maximum absolute atomic E-state index is 12.1. The summed E-state index contributed by atoms with van der Waals surface area (Å²) in [4.78, 5) is 12.1. The molecule has 2 aliphatic carbocycles. The lowest BCUT2D eigenvalue weighted by Crippen LogP contribution is -2.40. The third kappa shape index (κ3) is 3.03. The molecule has 1 fully saturated rings. The van der Waals surface area contributed by atoms with Crippen LogP contribution in [0.1, 0.15) is 43.0 Å². The molecule has 21 heavy (non-hydrogen) atoms. The maximum atomic E-state index is 12.1. The second-order valence-corrected chi connectivity index (χ2v) is 6.53. The first-order valence-corrected chi connectivity index (χ1v) is 7.70. The standard InChI is InChI=1S/C18H22O3/c1-18-9-7-15(19)11-14(18)12-16(8-10-18)21-17(20)13-5-3-2-4-6-13/h2-7,9,14-16,19H,8,10-12H2,1H3/t14-,15+,16-,18-/m0/s1. The van der Waals surface area contributed by atoms with Crippen LogP contribution in [0.25, 0.3) is 0 Å². The van der Waals surface area contributed by atoms with Gasteiger partial charge in [-0.1, -0.05) is 37.3 Å². The first-order chi connectivity index (χ1) is 10.1. The van der Waals surface area contributed by atoms with Crippen molar-refractivity contribution in [3.8, 4) is 0 Å². The molecule has 0 radical (unpaired) electrons. The quantitative estimate of drug-likeness (QED) is 0.670. The van der Waals surface area contributed by atoms with E-state index in [0.29, 0.717) is 11.5 Å². The predicted octanol–water partition coefficient (Wildman–Crippen LogP) is 3.34. The van der Waals surface area contributed by atoms with Gasteiger partial charge in [-0.3, -0.25) is 0 Å². The third-order valence-electron chi connectivity index (χ3n) is 4.99. The number of hydrogen-bond donors (Lipinski definition) is 1. The van der Waals surface area contributed by atoms with Gasteiger partial charge in [0, 0.05) is 0 Å². The van der Waals surface area contributed by atoms with Gasteiger partial charge in [-0.25, -0.2) is 4.79 Å². The van der Waals surface area contributed by atoms with E-state index in [4.69, 9.17) is 4.74 Å². The molecule has 1 aromatic carbocycles. The molecule has 0 heterocycles. The summed E-state index contributed by atoms with van der Waals surface area (Å²) < 4.78 is 5.66. The highest BCUT2D eigenvalue weighted by Gasteiger charge is 2.42. The van der Waals surface area contributed by atoms with Crippen molar-refractivity contribution in [1.29, 1.82) is 0 Å². The average molecular weight is 286 g/mol. The Bertz CT molecular complexity index is 537. The van der Waals surface area contributed by atoms with Gasteiger partial charge in [0.1, 0.15) is 6.10 Å². The summed E-state index contributed by atoms with van der Waals surface area (Å²) in [7, 11) is 0. The van der Waals surface area contributed by atoms with Gasteiger partial charge < -0.3 is 9.84 Å². The molecule has 0 spiro atoms. The molecule has 4 atom stereocenters. The van der Waals surface area contributed by atoms with Gasteiger partial charge in [0.05, 0.1) is 11.7 Å². The molecule has 0 amide bonds. The van der Waals surface area contributed by atoms with Crippen molar-refractivity contribution in [2.24, 2.45) is 11.3 Å². The molecule has 112 valence electrons. The number of fused-ring (bicyclic) bond motifs is 1. The molecule has 0 aliphatic heterocycles. The highest BCUT2D eigenvalue weighted by Crippen LogP contribution is 2.47. The van der Waals surface area contributed by atoms with Crippen LogP contribution in [0.15, 0.2) is 42.5 Å². The molecular formula is C18H22O3. The third-order valence-corrected chi connectivity index (χ3v) is 4.99. The zero-order valence-electron chi connectivity index (χ0n) is 12.4. The van der Waals surface area contributed by atoms with Crippen LogP contribution < -0.4 is 0 Å². The van der Waals surface area contributed by atoms with Gasteiger partial charge in [0.15, 0.2) is 0 Å². The van der Waals surface area contributed by atoms with Crippen LogP contribution >= 0.6 is 0 Å². The minimum Gasteiger partial charge on any atom is -0.459 e. The summed E-state index contributed by atoms with van der Waals surface area (Å²) in [5.41, 5.74) is 0.754. The summed E-state index contributed by atoms with van der Waals surface area (Å²) >= 11 is 0. The van der Waals surface area contributed by atoms with Crippen molar-refractivity contribution >= 4 is 5.97 Å². The molecule has 0 bridgehead atoms. The van der Waals surface area contributed by atoms with Crippen LogP contribution in [0.2, 0.25) is 0 Å². The average Bonchev–Trinajstić information content (AvgIpc) is 2.49. The molecule has 3 nitrogen and oxygen atoms in total. The van der Waals surface area contributed by atoms with Gasteiger partial charge in [0.2, 0.25) is 0 Å². The van der Waals surface area contributed by atoms with Crippen LogP contribution in [0, 0.1) is 11.3 Å². The summed E-state index contributed by atoms with van der Waals surface area (Å²) in [6.45, 7) is 2.25. The molecule has 1 saturated carbocycles. The van der Waals surface area contributed by atoms with Gasteiger partial charge in [-0.2, -0.15) is 0 Å². The lowest BCUT2D eigenvalue weighted by atomic mass is 9.62. The number of benzene rings is 1. The van der Waals surface area contributed by atoms with Crippen molar-refractivity contribution < 1.29 is 14.6 Å². The Morgan fingerprint density at radius 2 is 2.05 bits per heavy atom. The van der Waals surface area contributed by atoms with Crippen molar-refractivity contribution in [3.05, 3.63) is 48.0 Å². The topological polar surface area (TPSA) is 46.5 Å². The lowest BCUT2D eigenvalue weighted by Gasteiger charge is -2.45. The number of carbonyl (C=O) groups excluding carboxylic acids is 1. The van der Waals surface area contributed by atoms with E-state index in [0.717, 1.165) is 25.7 Å². The van der Waals surface area contributed by atoms with E-state index in [2.05, 4.69) is 13.0 Å². The van der Waals surface area contributed by atoms with Crippen LogP contribution in [0.5, 0.6) is 0 Å². The lowest BCUT2D eigenvalue weighted by molar-refractivity contribution is -0.0153. The molecule has 2 aliphatic rings. The Labute approximate surface area is 125 Å². The minimum absolute atomic E-state index is 0.0329. The first kappa shape index (κ1) is 14.3. The second kappa shape index (κ2) is 5.64. The number of carbonyl (C=O) groups is 1. The van der Waals surface area contributed by atoms with Crippen molar-refractivity contribution in [3.63, 3.8) is 0 Å². The predicted molar refractivity (Wildman–Crippen MR) is 80.9 cm³/mol. The van der Waals surface area contributed by atoms with Crippen molar-refractivity contribution in [2.45, 2.75) is 44.8 Å². The molecule has 0 aromatic heterocycles. The number of hydrogen-bond acceptors (Lipinski definition) is 3. The van der Waals surface area contributed by atoms with E-state index >= 15 is 0 Å². The largest absolute Gasteiger partial charge is 0.459 e. The Kier molecular flexibility index (Phi) is 3.85. The molecule has 1 aromatic rings. The van der Waals surface area contributed by atoms with E-state index in [1.807, 2.05) is 24.3 Å². The number of ether oxygens (including phenoxy) is 1. The van der Waals surface area contributed by atoms with Crippen LogP contribution in [-0.2, 0) is 4.74 Å². The number of allylic oxidation sites excluding steroid dienone is 1. The van der Waals surface area contributed by atoms with E-state index < -0.39 is 0 Å². The van der Waals surface area contributed by atoms with E-state index in [1.165, 1.54) is 0 Å². The Morgan fingerprint density at radius 1 is 1.29 bits per heavy atom. The van der Waals surface area contributed by atoms with Crippen LogP contribution in [0.4, 0.5) is 0 Å². The zero-order chi connectivity index (χ0) is 14.9. The maximum Gasteiger partial charge on any atom is 0.338 e. The Balaban J connectivity index is 1.64. The summed E-state index contributed by atoms with van der Waals surface area (Å²) in [5.74, 6) is 0.149. The molecule has 3 heteroatoms. The van der Waals surface area contributed by atoms with Crippen LogP contribution in [-0.4, -0.2) is 23.3 Å². The number of rotatable bonds is 2. The van der Waals surface area contributed by atoms with E-state index in [-0.39, 0.29) is 23.6 Å². The smallest absolute Gasteiger partial charge is 0.338 e. The van der Waals surface area contributed by atoms with Gasteiger partial charge in [0.25, 0.3) is 0 Å². The first-order valence-electron chi connectivity index (χ1n) is 7.70. The van der Waals surface area contributed by atoms with E-state index in [9.17, 15) is 9.90 Å². The SMILES string of the molecule is C[C@@]12C=C[C@@H](O)C[C@H]1C[C@@H](OC(=O)c1ccccc1)CC2. The zero-order valence-corrected chi connectivity index (χ0v) is 12.4. The van der Waals surface area contributed by atoms with Gasteiger partial charge in [-0.15, -0.1) is 0 Å². The summed E-state index contributed by atoms with van der Waals surface area (Å²) in [6.07, 6.45) is 7.19. The number of aliphatic hydroxyl groups is 1. The number of esters is 1. The fourth-order valence-corrected chi connectivity index (χ4v) is 3.57. The minimum atomic E-state index is -0.355.